The molecule has 0 amide bonds. The highest BCUT2D eigenvalue weighted by molar-refractivity contribution is 5.85. The third-order valence-corrected chi connectivity index (χ3v) is 1.80. The monoisotopic (exact) mass is 153 g/mol. The lowest BCUT2D eigenvalue weighted by atomic mass is 10.2. The lowest BCUT2D eigenvalue weighted by molar-refractivity contribution is -0.116. The molecule has 0 atom stereocenters. The number of Topliss-reactive ketones (excluding diaryl/α,β-unsaturated/α-hetero) is 1. The number of nitrogens with zero attached hydrogens (tertiary/aromatic N) is 1. The lowest BCUT2D eigenvalue weighted by Gasteiger charge is -2.19. The van der Waals surface area contributed by atoms with E-state index < -0.39 is 0 Å². The second-order valence-corrected chi connectivity index (χ2v) is 3.56. The van der Waals surface area contributed by atoms with Crippen molar-refractivity contribution in [2.45, 2.75) is 20.3 Å². The molecule has 62 valence electrons. The van der Waals surface area contributed by atoms with Gasteiger partial charge in [0.15, 0.2) is 5.78 Å². The number of carbonyl (C=O) groups excluding carboxylic acids is 1. The van der Waals surface area contributed by atoms with Crippen molar-refractivity contribution in [1.29, 1.82) is 0 Å². The molecule has 0 aromatic heterocycles. The van der Waals surface area contributed by atoms with Gasteiger partial charge in [-0.05, 0) is 5.92 Å². The van der Waals surface area contributed by atoms with Crippen LogP contribution < -0.4 is 0 Å². The molecule has 0 unspecified atom stereocenters. The molecule has 0 N–H and O–H groups in total. The van der Waals surface area contributed by atoms with Gasteiger partial charge >= 0.3 is 0 Å². The highest BCUT2D eigenvalue weighted by Gasteiger charge is 2.22. The zero-order valence-corrected chi connectivity index (χ0v) is 7.26. The second-order valence-electron chi connectivity index (χ2n) is 3.56. The fraction of sp³-hybridized carbons (Fsp3) is 0.667. The van der Waals surface area contributed by atoms with E-state index in [0.717, 1.165) is 12.2 Å². The smallest absolute Gasteiger partial charge is 0.157 e. The Morgan fingerprint density at radius 3 is 2.64 bits per heavy atom. The van der Waals surface area contributed by atoms with Crippen LogP contribution in [0.4, 0.5) is 0 Å². The van der Waals surface area contributed by atoms with Crippen LogP contribution in [0.2, 0.25) is 0 Å². The van der Waals surface area contributed by atoms with Gasteiger partial charge in [-0.15, -0.1) is 0 Å². The van der Waals surface area contributed by atoms with Gasteiger partial charge in [0.1, 0.15) is 0 Å². The van der Waals surface area contributed by atoms with E-state index in [1.165, 1.54) is 0 Å². The summed E-state index contributed by atoms with van der Waals surface area (Å²) in [5.74, 6) is 0.910. The van der Waals surface area contributed by atoms with Gasteiger partial charge in [-0.1, -0.05) is 20.4 Å². The lowest BCUT2D eigenvalue weighted by Crippen LogP contribution is -2.23. The number of carbonyl (C=O) groups is 1. The third-order valence-electron chi connectivity index (χ3n) is 1.80. The standard InChI is InChI=1S/C9H15NO/c1-7(2)5-10-6-9(11)4-8(10)3/h7H,3-6H2,1-2H3. The molecule has 1 rings (SSSR count). The first-order valence-corrected chi connectivity index (χ1v) is 4.04. The van der Waals surface area contributed by atoms with Gasteiger partial charge in [-0.25, -0.2) is 0 Å². The van der Waals surface area contributed by atoms with Crippen LogP contribution in [0.25, 0.3) is 0 Å². The van der Waals surface area contributed by atoms with Gasteiger partial charge in [-0.3, -0.25) is 4.79 Å². The minimum absolute atomic E-state index is 0.302. The van der Waals surface area contributed by atoms with Crippen LogP contribution in [0.15, 0.2) is 12.3 Å². The summed E-state index contributed by atoms with van der Waals surface area (Å²) in [6, 6.07) is 0. The molecule has 2 nitrogen and oxygen atoms in total. The Bertz CT molecular complexity index is 184. The van der Waals surface area contributed by atoms with Crippen LogP contribution in [-0.2, 0) is 4.79 Å². The maximum Gasteiger partial charge on any atom is 0.157 e. The van der Waals surface area contributed by atoms with Crippen molar-refractivity contribution in [3.05, 3.63) is 12.3 Å². The Kier molecular flexibility index (Phi) is 2.32. The highest BCUT2D eigenvalue weighted by atomic mass is 16.1. The molecule has 1 saturated heterocycles. The third kappa shape index (κ3) is 2.07. The molecule has 1 fully saturated rings. The zero-order chi connectivity index (χ0) is 8.43. The topological polar surface area (TPSA) is 20.3 Å². The van der Waals surface area contributed by atoms with Crippen LogP contribution in [-0.4, -0.2) is 23.8 Å². The first-order chi connectivity index (χ1) is 5.09. The maximum absolute atomic E-state index is 10.9. The van der Waals surface area contributed by atoms with Crippen LogP contribution >= 0.6 is 0 Å². The van der Waals surface area contributed by atoms with Gasteiger partial charge in [0.25, 0.3) is 0 Å². The number of likely N-dealkylation sites (tertiary alicyclic amines) is 1. The molecule has 0 saturated carbocycles. The minimum Gasteiger partial charge on any atom is -0.367 e. The van der Waals surface area contributed by atoms with E-state index >= 15 is 0 Å². The van der Waals surface area contributed by atoms with Gasteiger partial charge in [-0.2, -0.15) is 0 Å². The van der Waals surface area contributed by atoms with Crippen molar-refractivity contribution < 1.29 is 4.79 Å². The van der Waals surface area contributed by atoms with Crippen LogP contribution in [0.3, 0.4) is 0 Å². The van der Waals surface area contributed by atoms with Crippen molar-refractivity contribution in [2.24, 2.45) is 5.92 Å². The van der Waals surface area contributed by atoms with E-state index in [-0.39, 0.29) is 0 Å². The molecule has 0 radical (unpaired) electrons. The van der Waals surface area contributed by atoms with E-state index in [0.29, 0.717) is 24.7 Å². The van der Waals surface area contributed by atoms with Gasteiger partial charge < -0.3 is 4.90 Å². The Labute approximate surface area is 67.9 Å². The molecule has 0 aromatic rings. The summed E-state index contributed by atoms with van der Waals surface area (Å²) in [4.78, 5) is 13.0. The molecule has 11 heavy (non-hydrogen) atoms. The highest BCUT2D eigenvalue weighted by Crippen LogP contribution is 2.17. The summed E-state index contributed by atoms with van der Waals surface area (Å²) in [5.41, 5.74) is 0.990. The second kappa shape index (κ2) is 3.07. The Hall–Kier alpha value is -0.790. The average molecular weight is 153 g/mol. The fourth-order valence-electron chi connectivity index (χ4n) is 1.35. The number of hydrogen-bond acceptors (Lipinski definition) is 2. The molecule has 1 heterocycles. The molecule has 0 bridgehead atoms. The zero-order valence-electron chi connectivity index (χ0n) is 7.26. The summed E-state index contributed by atoms with van der Waals surface area (Å²) in [7, 11) is 0. The summed E-state index contributed by atoms with van der Waals surface area (Å²) in [6.07, 6.45) is 0.562. The Morgan fingerprint density at radius 1 is 1.64 bits per heavy atom. The summed E-state index contributed by atoms with van der Waals surface area (Å²) >= 11 is 0. The van der Waals surface area contributed by atoms with E-state index in [9.17, 15) is 4.79 Å². The van der Waals surface area contributed by atoms with Gasteiger partial charge in [0.2, 0.25) is 0 Å². The first-order valence-electron chi connectivity index (χ1n) is 4.04. The number of ketones is 1. The normalized spacial score (nSPS) is 18.6. The van der Waals surface area contributed by atoms with E-state index in [1.54, 1.807) is 0 Å². The molecular formula is C9H15NO. The minimum atomic E-state index is 0.302. The maximum atomic E-state index is 10.9. The number of allylic oxidation sites excluding steroid dienone is 1. The van der Waals surface area contributed by atoms with Crippen LogP contribution in [0.5, 0.6) is 0 Å². The molecule has 0 spiro atoms. The quantitative estimate of drug-likeness (QED) is 0.598. The van der Waals surface area contributed by atoms with Crippen LogP contribution in [0.1, 0.15) is 20.3 Å². The van der Waals surface area contributed by atoms with Crippen molar-refractivity contribution >= 4 is 5.78 Å². The van der Waals surface area contributed by atoms with Gasteiger partial charge in [0.05, 0.1) is 6.54 Å². The van der Waals surface area contributed by atoms with Gasteiger partial charge in [0, 0.05) is 18.7 Å². The predicted octanol–water partition coefficient (Wildman–Crippen LogP) is 1.43. The average Bonchev–Trinajstić information content (AvgIpc) is 2.09. The summed E-state index contributed by atoms with van der Waals surface area (Å²) < 4.78 is 0. The summed E-state index contributed by atoms with van der Waals surface area (Å²) in [6.45, 7) is 9.69. The SMILES string of the molecule is C=C1CC(=O)CN1CC(C)C. The van der Waals surface area contributed by atoms with E-state index in [2.05, 4.69) is 25.3 Å². The van der Waals surface area contributed by atoms with E-state index in [1.807, 2.05) is 0 Å². The molecule has 0 aromatic carbocycles. The van der Waals surface area contributed by atoms with Crippen molar-refractivity contribution in [1.82, 2.24) is 4.90 Å². The van der Waals surface area contributed by atoms with Crippen LogP contribution in [0, 0.1) is 5.92 Å². The van der Waals surface area contributed by atoms with Crippen molar-refractivity contribution in [3.8, 4) is 0 Å². The fourth-order valence-corrected chi connectivity index (χ4v) is 1.35. The Balaban J connectivity index is 2.47. The molecule has 2 heteroatoms. The number of rotatable bonds is 2. The van der Waals surface area contributed by atoms with Crippen molar-refractivity contribution in [3.63, 3.8) is 0 Å². The first kappa shape index (κ1) is 8.31. The van der Waals surface area contributed by atoms with Crippen molar-refractivity contribution in [2.75, 3.05) is 13.1 Å². The summed E-state index contributed by atoms with van der Waals surface area (Å²) in [5, 5.41) is 0. The molecule has 1 aliphatic heterocycles. The van der Waals surface area contributed by atoms with E-state index in [4.69, 9.17) is 0 Å². The predicted molar refractivity (Wildman–Crippen MR) is 45.2 cm³/mol. The molecule has 0 aliphatic carbocycles. The molecular weight excluding hydrogens is 138 g/mol. The largest absolute Gasteiger partial charge is 0.367 e. The molecule has 1 aliphatic rings. The Morgan fingerprint density at radius 2 is 2.27 bits per heavy atom. The number of hydrogen-bond donors (Lipinski definition) is 0.